The predicted molar refractivity (Wildman–Crippen MR) is 89.0 cm³/mol. The maximum absolute atomic E-state index is 9.29. The third-order valence-electron chi connectivity index (χ3n) is 3.50. The third kappa shape index (κ3) is 5.41. The molecule has 3 heteroatoms. The fourth-order valence-electron chi connectivity index (χ4n) is 2.56. The van der Waals surface area contributed by atoms with Crippen LogP contribution in [0.5, 0.6) is 5.75 Å². The van der Waals surface area contributed by atoms with Crippen LogP contribution >= 0.6 is 11.6 Å². The molecule has 2 aromatic rings. The Bertz CT molecular complexity index is 499. The van der Waals surface area contributed by atoms with Crippen molar-refractivity contribution in [2.24, 2.45) is 0 Å². The van der Waals surface area contributed by atoms with Gasteiger partial charge in [-0.1, -0.05) is 35.9 Å². The maximum atomic E-state index is 9.29. The molecule has 0 aliphatic carbocycles. The number of nitrogens with one attached hydrogen (secondary N) is 1. The zero-order valence-corrected chi connectivity index (χ0v) is 13.3. The number of rotatable bonds is 6. The van der Waals surface area contributed by atoms with Crippen molar-refractivity contribution in [3.05, 3.63) is 64.7 Å². The van der Waals surface area contributed by atoms with E-state index in [0.717, 1.165) is 17.9 Å². The van der Waals surface area contributed by atoms with Gasteiger partial charge < -0.3 is 10.4 Å². The van der Waals surface area contributed by atoms with E-state index in [1.165, 1.54) is 11.1 Å². The zero-order chi connectivity index (χ0) is 15.2. The molecule has 0 saturated carbocycles. The summed E-state index contributed by atoms with van der Waals surface area (Å²) in [6.07, 6.45) is 1.93. The normalized spacial score (nSPS) is 13.9. The van der Waals surface area contributed by atoms with E-state index in [2.05, 4.69) is 31.3 Å². The smallest absolute Gasteiger partial charge is 0.115 e. The highest BCUT2D eigenvalue weighted by molar-refractivity contribution is 6.30. The van der Waals surface area contributed by atoms with Crippen LogP contribution in [0.3, 0.4) is 0 Å². The molecule has 2 nitrogen and oxygen atoms in total. The summed E-state index contributed by atoms with van der Waals surface area (Å²) in [6.45, 7) is 4.38. The summed E-state index contributed by atoms with van der Waals surface area (Å²) in [5, 5.41) is 13.7. The molecule has 21 heavy (non-hydrogen) atoms. The molecule has 0 heterocycles. The molecular weight excluding hydrogens is 282 g/mol. The van der Waals surface area contributed by atoms with Crippen LogP contribution in [-0.2, 0) is 12.8 Å². The van der Waals surface area contributed by atoms with Crippen molar-refractivity contribution >= 4 is 11.6 Å². The fraction of sp³-hybridized carbons (Fsp3) is 0.333. The van der Waals surface area contributed by atoms with Crippen LogP contribution in [0.15, 0.2) is 48.5 Å². The number of aromatic hydroxyl groups is 1. The lowest BCUT2D eigenvalue weighted by Crippen LogP contribution is -2.37. The van der Waals surface area contributed by atoms with E-state index in [1.54, 1.807) is 12.1 Å². The van der Waals surface area contributed by atoms with E-state index >= 15 is 0 Å². The van der Waals surface area contributed by atoms with Crippen LogP contribution in [0.1, 0.15) is 25.0 Å². The van der Waals surface area contributed by atoms with Gasteiger partial charge in [-0.05, 0) is 62.1 Å². The van der Waals surface area contributed by atoms with Gasteiger partial charge in [0.25, 0.3) is 0 Å². The quantitative estimate of drug-likeness (QED) is 0.838. The minimum atomic E-state index is 0.315. The van der Waals surface area contributed by atoms with E-state index in [-0.39, 0.29) is 0 Å². The standard InChI is InChI=1S/C18H22ClNO/c1-13(11-15-3-7-17(19)8-4-15)20-14(2)12-16-5-9-18(21)10-6-16/h3-10,13-14,20-21H,11-12H2,1-2H3. The summed E-state index contributed by atoms with van der Waals surface area (Å²) in [4.78, 5) is 0. The molecule has 2 unspecified atom stereocenters. The van der Waals surface area contributed by atoms with Gasteiger partial charge in [0.15, 0.2) is 0 Å². The Labute approximate surface area is 131 Å². The predicted octanol–water partition coefficient (Wildman–Crippen LogP) is 4.20. The second-order valence-electron chi connectivity index (χ2n) is 5.67. The van der Waals surface area contributed by atoms with Gasteiger partial charge in [-0.15, -0.1) is 0 Å². The average molecular weight is 304 g/mol. The SMILES string of the molecule is CC(Cc1ccc(O)cc1)NC(C)Cc1ccc(Cl)cc1. The van der Waals surface area contributed by atoms with Crippen LogP contribution < -0.4 is 5.32 Å². The molecule has 2 N–H and O–H groups in total. The van der Waals surface area contributed by atoms with Crippen molar-refractivity contribution in [2.45, 2.75) is 38.8 Å². The van der Waals surface area contributed by atoms with Crippen molar-refractivity contribution < 1.29 is 5.11 Å². The van der Waals surface area contributed by atoms with Gasteiger partial charge in [0, 0.05) is 17.1 Å². The van der Waals surface area contributed by atoms with E-state index < -0.39 is 0 Å². The van der Waals surface area contributed by atoms with Gasteiger partial charge in [0.1, 0.15) is 5.75 Å². The maximum Gasteiger partial charge on any atom is 0.115 e. The number of phenolic OH excluding ortho intramolecular Hbond substituents is 1. The molecule has 0 spiro atoms. The molecule has 0 aliphatic rings. The second kappa shape index (κ2) is 7.48. The summed E-state index contributed by atoms with van der Waals surface area (Å²) >= 11 is 5.90. The molecule has 2 atom stereocenters. The molecule has 0 aliphatic heterocycles. The molecule has 0 fully saturated rings. The summed E-state index contributed by atoms with van der Waals surface area (Å²) < 4.78 is 0. The van der Waals surface area contributed by atoms with Gasteiger partial charge in [0.05, 0.1) is 0 Å². The molecule has 112 valence electrons. The first-order valence-electron chi connectivity index (χ1n) is 7.31. The first-order valence-corrected chi connectivity index (χ1v) is 7.69. The van der Waals surface area contributed by atoms with Gasteiger partial charge >= 0.3 is 0 Å². The highest BCUT2D eigenvalue weighted by Gasteiger charge is 2.09. The Morgan fingerprint density at radius 3 is 1.76 bits per heavy atom. The van der Waals surface area contributed by atoms with Gasteiger partial charge in [-0.2, -0.15) is 0 Å². The summed E-state index contributed by atoms with van der Waals surface area (Å²) in [5.41, 5.74) is 2.52. The molecule has 2 rings (SSSR count). The highest BCUT2D eigenvalue weighted by Crippen LogP contribution is 2.13. The Balaban J connectivity index is 1.82. The third-order valence-corrected chi connectivity index (χ3v) is 3.75. The fourth-order valence-corrected chi connectivity index (χ4v) is 2.69. The summed E-state index contributed by atoms with van der Waals surface area (Å²) in [5.74, 6) is 0.315. The lowest BCUT2D eigenvalue weighted by atomic mass is 10.0. The number of hydrogen-bond donors (Lipinski definition) is 2. The average Bonchev–Trinajstić information content (AvgIpc) is 2.44. The molecule has 0 aromatic heterocycles. The van der Waals surface area contributed by atoms with Crippen LogP contribution in [0.25, 0.3) is 0 Å². The topological polar surface area (TPSA) is 32.3 Å². The molecule has 0 amide bonds. The first kappa shape index (κ1) is 15.9. The van der Waals surface area contributed by atoms with E-state index in [1.807, 2.05) is 24.3 Å². The first-order chi connectivity index (χ1) is 10.0. The molecule has 0 bridgehead atoms. The van der Waals surface area contributed by atoms with Crippen molar-refractivity contribution in [3.63, 3.8) is 0 Å². The molecule has 0 radical (unpaired) electrons. The van der Waals surface area contributed by atoms with Crippen LogP contribution in [0.4, 0.5) is 0 Å². The minimum absolute atomic E-state index is 0.315. The van der Waals surface area contributed by atoms with Crippen LogP contribution in [-0.4, -0.2) is 17.2 Å². The van der Waals surface area contributed by atoms with Crippen molar-refractivity contribution in [3.8, 4) is 5.75 Å². The Morgan fingerprint density at radius 2 is 1.29 bits per heavy atom. The molecule has 2 aromatic carbocycles. The van der Waals surface area contributed by atoms with E-state index in [0.29, 0.717) is 17.8 Å². The highest BCUT2D eigenvalue weighted by atomic mass is 35.5. The number of phenols is 1. The Hall–Kier alpha value is -1.51. The Kier molecular flexibility index (Phi) is 5.66. The van der Waals surface area contributed by atoms with Crippen molar-refractivity contribution in [1.29, 1.82) is 0 Å². The Morgan fingerprint density at radius 1 is 0.857 bits per heavy atom. The van der Waals surface area contributed by atoms with Gasteiger partial charge in [-0.3, -0.25) is 0 Å². The van der Waals surface area contributed by atoms with E-state index in [4.69, 9.17) is 11.6 Å². The number of benzene rings is 2. The summed E-state index contributed by atoms with van der Waals surface area (Å²) in [6, 6.07) is 16.2. The monoisotopic (exact) mass is 303 g/mol. The largest absolute Gasteiger partial charge is 0.508 e. The zero-order valence-electron chi connectivity index (χ0n) is 12.5. The molecular formula is C18H22ClNO. The van der Waals surface area contributed by atoms with E-state index in [9.17, 15) is 5.11 Å². The summed E-state index contributed by atoms with van der Waals surface area (Å²) in [7, 11) is 0. The number of hydrogen-bond acceptors (Lipinski definition) is 2. The van der Waals surface area contributed by atoms with Crippen LogP contribution in [0.2, 0.25) is 5.02 Å². The van der Waals surface area contributed by atoms with Crippen molar-refractivity contribution in [1.82, 2.24) is 5.32 Å². The van der Waals surface area contributed by atoms with Crippen molar-refractivity contribution in [2.75, 3.05) is 0 Å². The lowest BCUT2D eigenvalue weighted by molar-refractivity contribution is 0.460. The van der Waals surface area contributed by atoms with Crippen LogP contribution in [0, 0.1) is 0 Å². The van der Waals surface area contributed by atoms with Gasteiger partial charge in [0.2, 0.25) is 0 Å². The lowest BCUT2D eigenvalue weighted by Gasteiger charge is -2.20. The minimum Gasteiger partial charge on any atom is -0.508 e. The number of halogens is 1. The molecule has 0 saturated heterocycles. The second-order valence-corrected chi connectivity index (χ2v) is 6.11. The van der Waals surface area contributed by atoms with Gasteiger partial charge in [-0.25, -0.2) is 0 Å².